The molecule has 1 unspecified atom stereocenters. The summed E-state index contributed by atoms with van der Waals surface area (Å²) < 4.78 is 9.66. The minimum atomic E-state index is -0.673. The van der Waals surface area contributed by atoms with Gasteiger partial charge in [-0.25, -0.2) is 14.5 Å². The molecule has 234 valence electrons. The Bertz CT molecular complexity index is 2150. The summed E-state index contributed by atoms with van der Waals surface area (Å²) in [6, 6.07) is 21.5. The molecule has 0 radical (unpaired) electrons. The van der Waals surface area contributed by atoms with Crippen LogP contribution in [0.2, 0.25) is 0 Å². The normalized spacial score (nSPS) is 14.9. The molecular formula is C37H36N4O3S2. The Morgan fingerprint density at radius 1 is 1.00 bits per heavy atom. The lowest BCUT2D eigenvalue weighted by Crippen LogP contribution is -2.40. The standard InChI is InChI=1S/C37H36N4O3S2/c1-21(2)44-36(43)32-25(6)38-37-41(34(32)26-13-15-29(45-7)16-14-26)35(42)30(46-37)19-27-20-40(28-11-9-8-10-12-28)39-33(27)31-23(4)17-22(3)18-24(31)5/h8-21,34H,1-7H3. The number of nitrogens with zero attached hydrogens (tertiary/aromatic N) is 4. The SMILES string of the molecule is CSc1ccc(C2C(C(=O)OC(C)C)=C(C)N=c3sc(=Cc4cn(-c5ccccc5)nc4-c4c(C)cc(C)cc4C)c(=O)n32)cc1. The molecule has 5 aromatic rings. The van der Waals surface area contributed by atoms with Crippen LogP contribution in [0.4, 0.5) is 0 Å². The van der Waals surface area contributed by atoms with Crippen LogP contribution in [0, 0.1) is 20.8 Å². The number of rotatable bonds is 7. The molecule has 9 heteroatoms. The zero-order valence-electron chi connectivity index (χ0n) is 27.0. The molecule has 0 bridgehead atoms. The second-order valence-electron chi connectivity index (χ2n) is 11.8. The number of hydrogen-bond acceptors (Lipinski definition) is 7. The number of carbonyl (C=O) groups is 1. The molecule has 2 aromatic heterocycles. The number of carbonyl (C=O) groups excluding carboxylic acids is 1. The zero-order chi connectivity index (χ0) is 32.7. The molecule has 6 rings (SSSR count). The number of para-hydroxylation sites is 1. The molecule has 3 heterocycles. The number of allylic oxidation sites excluding steroid dienone is 1. The third-order valence-corrected chi connectivity index (χ3v) is 9.71. The summed E-state index contributed by atoms with van der Waals surface area (Å²) in [6.07, 6.45) is 5.58. The second kappa shape index (κ2) is 12.7. The molecule has 1 aliphatic heterocycles. The number of ether oxygens (including phenoxy) is 1. The van der Waals surface area contributed by atoms with E-state index < -0.39 is 12.0 Å². The van der Waals surface area contributed by atoms with Gasteiger partial charge in [0.1, 0.15) is 5.69 Å². The van der Waals surface area contributed by atoms with Gasteiger partial charge < -0.3 is 4.74 Å². The van der Waals surface area contributed by atoms with Crippen molar-refractivity contribution in [2.75, 3.05) is 6.26 Å². The van der Waals surface area contributed by atoms with Gasteiger partial charge in [0.2, 0.25) is 0 Å². The van der Waals surface area contributed by atoms with E-state index in [0.29, 0.717) is 20.6 Å². The van der Waals surface area contributed by atoms with E-state index in [0.717, 1.165) is 44.1 Å². The first kappa shape index (κ1) is 31.5. The Hall–Kier alpha value is -4.47. The van der Waals surface area contributed by atoms with Crippen LogP contribution < -0.4 is 14.9 Å². The average molecular weight is 649 g/mol. The van der Waals surface area contributed by atoms with Crippen molar-refractivity contribution < 1.29 is 9.53 Å². The molecule has 0 saturated carbocycles. The lowest BCUT2D eigenvalue weighted by Gasteiger charge is -2.25. The summed E-state index contributed by atoms with van der Waals surface area (Å²) in [5.74, 6) is -0.471. The number of fused-ring (bicyclic) bond motifs is 1. The fraction of sp³-hybridized carbons (Fsp3) is 0.243. The smallest absolute Gasteiger partial charge is 0.338 e. The molecular weight excluding hydrogens is 613 g/mol. The van der Waals surface area contributed by atoms with Gasteiger partial charge in [-0.2, -0.15) is 5.10 Å². The first-order valence-electron chi connectivity index (χ1n) is 15.2. The average Bonchev–Trinajstić information content (AvgIpc) is 3.56. The topological polar surface area (TPSA) is 78.5 Å². The number of aromatic nitrogens is 3. The second-order valence-corrected chi connectivity index (χ2v) is 13.7. The minimum Gasteiger partial charge on any atom is -0.459 e. The molecule has 3 aromatic carbocycles. The Kier molecular flexibility index (Phi) is 8.72. The van der Waals surface area contributed by atoms with Crippen LogP contribution in [0.3, 0.4) is 0 Å². The minimum absolute atomic E-state index is 0.221. The molecule has 0 saturated heterocycles. The predicted molar refractivity (Wildman–Crippen MR) is 186 cm³/mol. The van der Waals surface area contributed by atoms with Crippen molar-refractivity contribution in [2.45, 2.75) is 58.6 Å². The monoisotopic (exact) mass is 648 g/mol. The number of aryl methyl sites for hydroxylation is 3. The van der Waals surface area contributed by atoms with Crippen LogP contribution in [0.5, 0.6) is 0 Å². The molecule has 7 nitrogen and oxygen atoms in total. The van der Waals surface area contributed by atoms with E-state index in [4.69, 9.17) is 14.8 Å². The Labute approximate surface area is 276 Å². The van der Waals surface area contributed by atoms with Crippen LogP contribution in [0.25, 0.3) is 23.0 Å². The molecule has 1 atom stereocenters. The van der Waals surface area contributed by atoms with Gasteiger partial charge in [0.25, 0.3) is 5.56 Å². The third-order valence-electron chi connectivity index (χ3n) is 7.98. The first-order valence-corrected chi connectivity index (χ1v) is 17.2. The summed E-state index contributed by atoms with van der Waals surface area (Å²) in [7, 11) is 0. The van der Waals surface area contributed by atoms with Gasteiger partial charge in [-0.3, -0.25) is 9.36 Å². The van der Waals surface area contributed by atoms with Crippen molar-refractivity contribution >= 4 is 35.1 Å². The van der Waals surface area contributed by atoms with E-state index >= 15 is 0 Å². The maximum Gasteiger partial charge on any atom is 0.338 e. The summed E-state index contributed by atoms with van der Waals surface area (Å²) in [4.78, 5) is 34.3. The van der Waals surface area contributed by atoms with Crippen LogP contribution in [0.1, 0.15) is 54.6 Å². The maximum absolute atomic E-state index is 14.4. The third kappa shape index (κ3) is 5.92. The number of thioether (sulfide) groups is 1. The van der Waals surface area contributed by atoms with Crippen LogP contribution >= 0.6 is 23.1 Å². The highest BCUT2D eigenvalue weighted by atomic mass is 32.2. The number of hydrogen-bond donors (Lipinski definition) is 0. The molecule has 0 amide bonds. The highest BCUT2D eigenvalue weighted by molar-refractivity contribution is 7.98. The van der Waals surface area contributed by atoms with Crippen LogP contribution in [0.15, 0.2) is 98.9 Å². The molecule has 0 aliphatic carbocycles. The van der Waals surface area contributed by atoms with Gasteiger partial charge in [0, 0.05) is 22.2 Å². The number of esters is 1. The first-order chi connectivity index (χ1) is 22.0. The summed E-state index contributed by atoms with van der Waals surface area (Å²) in [5, 5.41) is 5.05. The van der Waals surface area contributed by atoms with Crippen molar-refractivity contribution in [2.24, 2.45) is 4.99 Å². The van der Waals surface area contributed by atoms with Gasteiger partial charge in [0.05, 0.1) is 33.6 Å². The zero-order valence-corrected chi connectivity index (χ0v) is 28.6. The number of benzene rings is 3. The Morgan fingerprint density at radius 2 is 1.67 bits per heavy atom. The summed E-state index contributed by atoms with van der Waals surface area (Å²) >= 11 is 2.95. The largest absolute Gasteiger partial charge is 0.459 e. The van der Waals surface area contributed by atoms with Crippen molar-refractivity contribution in [1.29, 1.82) is 0 Å². The van der Waals surface area contributed by atoms with E-state index in [1.54, 1.807) is 16.3 Å². The molecule has 0 N–H and O–H groups in total. The van der Waals surface area contributed by atoms with Gasteiger partial charge in [-0.1, -0.05) is 59.4 Å². The van der Waals surface area contributed by atoms with E-state index in [1.165, 1.54) is 16.9 Å². The lowest BCUT2D eigenvalue weighted by molar-refractivity contribution is -0.143. The highest BCUT2D eigenvalue weighted by Crippen LogP contribution is 2.33. The van der Waals surface area contributed by atoms with Crippen LogP contribution in [-0.4, -0.2) is 32.7 Å². The Morgan fingerprint density at radius 3 is 2.30 bits per heavy atom. The predicted octanol–water partition coefficient (Wildman–Crippen LogP) is 6.69. The summed E-state index contributed by atoms with van der Waals surface area (Å²) in [6.45, 7) is 11.7. The molecule has 0 spiro atoms. The van der Waals surface area contributed by atoms with E-state index in [2.05, 4.69) is 32.9 Å². The van der Waals surface area contributed by atoms with Crippen molar-refractivity contribution in [3.05, 3.63) is 132 Å². The van der Waals surface area contributed by atoms with Gasteiger partial charge in [-0.15, -0.1) is 11.8 Å². The fourth-order valence-corrected chi connectivity index (χ4v) is 7.50. The molecule has 1 aliphatic rings. The van der Waals surface area contributed by atoms with Crippen LogP contribution in [-0.2, 0) is 9.53 Å². The van der Waals surface area contributed by atoms with Crippen molar-refractivity contribution in [1.82, 2.24) is 14.3 Å². The molecule has 46 heavy (non-hydrogen) atoms. The number of thiazole rings is 1. The summed E-state index contributed by atoms with van der Waals surface area (Å²) in [5.41, 5.74) is 8.50. The van der Waals surface area contributed by atoms with Crippen molar-refractivity contribution in [3.8, 4) is 16.9 Å². The lowest BCUT2D eigenvalue weighted by atomic mass is 9.95. The van der Waals surface area contributed by atoms with E-state index in [9.17, 15) is 9.59 Å². The quantitative estimate of drug-likeness (QED) is 0.145. The van der Waals surface area contributed by atoms with Gasteiger partial charge in [0.15, 0.2) is 4.80 Å². The van der Waals surface area contributed by atoms with Crippen molar-refractivity contribution in [3.63, 3.8) is 0 Å². The molecule has 0 fully saturated rings. The Balaban J connectivity index is 1.58. The van der Waals surface area contributed by atoms with E-state index in [-0.39, 0.29) is 11.7 Å². The van der Waals surface area contributed by atoms with E-state index in [1.807, 2.05) is 98.6 Å². The van der Waals surface area contributed by atoms with Gasteiger partial charge >= 0.3 is 5.97 Å². The highest BCUT2D eigenvalue weighted by Gasteiger charge is 2.34. The maximum atomic E-state index is 14.4. The van der Waals surface area contributed by atoms with Gasteiger partial charge in [-0.05, 0) is 94.8 Å². The fourth-order valence-electron chi connectivity index (χ4n) is 6.06.